The summed E-state index contributed by atoms with van der Waals surface area (Å²) in [7, 11) is 0. The fourth-order valence-electron chi connectivity index (χ4n) is 5.10. The van der Waals surface area contributed by atoms with Crippen molar-refractivity contribution in [3.05, 3.63) is 106 Å². The normalized spacial score (nSPS) is 18.7. The molecule has 0 bridgehead atoms. The Bertz CT molecular complexity index is 1470. The fourth-order valence-corrected chi connectivity index (χ4v) is 5.92. The van der Waals surface area contributed by atoms with E-state index >= 15 is 0 Å². The van der Waals surface area contributed by atoms with Crippen molar-refractivity contribution < 1.29 is 14.6 Å². The highest BCUT2D eigenvalue weighted by Gasteiger charge is 2.46. The van der Waals surface area contributed by atoms with Crippen LogP contribution in [-0.4, -0.2) is 37.8 Å². The topological polar surface area (TPSA) is 84.7 Å². The average Bonchev–Trinajstić information content (AvgIpc) is 3.38. The van der Waals surface area contributed by atoms with Crippen molar-refractivity contribution in [1.82, 2.24) is 14.5 Å². The molecule has 1 N–H and O–H groups in total. The summed E-state index contributed by atoms with van der Waals surface area (Å²) in [6, 6.07) is 22.5. The Morgan fingerprint density at radius 2 is 1.76 bits per heavy atom. The highest BCUT2D eigenvalue weighted by molar-refractivity contribution is 7.12. The summed E-state index contributed by atoms with van der Waals surface area (Å²) in [5.41, 5.74) is 1.61. The van der Waals surface area contributed by atoms with Gasteiger partial charge in [0, 0.05) is 42.6 Å². The predicted octanol–water partition coefficient (Wildman–Crippen LogP) is 5.92. The van der Waals surface area contributed by atoms with Crippen molar-refractivity contribution in [2.75, 3.05) is 6.54 Å². The Morgan fingerprint density at radius 1 is 1.05 bits per heavy atom. The lowest BCUT2D eigenvalue weighted by molar-refractivity contribution is -0.101. The summed E-state index contributed by atoms with van der Waals surface area (Å²) >= 11 is 1.41. The SMILES string of the molecule is CC(c1ccc(-c2csc(-n3ccccc3=O)n2)cc1)N1CCC(CC(C)(C)O)(c2ccccc2)OC1=O. The summed E-state index contributed by atoms with van der Waals surface area (Å²) in [6.45, 7) is 5.98. The molecule has 2 aromatic carbocycles. The number of benzene rings is 2. The summed E-state index contributed by atoms with van der Waals surface area (Å²) in [5, 5.41) is 13.2. The molecule has 5 rings (SSSR count). The van der Waals surface area contributed by atoms with E-state index < -0.39 is 17.3 Å². The molecule has 0 spiro atoms. The Hall–Kier alpha value is -3.75. The van der Waals surface area contributed by atoms with E-state index in [1.165, 1.54) is 22.0 Å². The lowest BCUT2D eigenvalue weighted by Crippen LogP contribution is -2.51. The minimum atomic E-state index is -0.996. The minimum absolute atomic E-state index is 0.121. The number of hydrogen-bond acceptors (Lipinski definition) is 6. The lowest BCUT2D eigenvalue weighted by Gasteiger charge is -2.45. The van der Waals surface area contributed by atoms with Crippen LogP contribution >= 0.6 is 11.3 Å². The molecule has 4 aromatic rings. The number of rotatable bonds is 7. The number of ether oxygens (including phenoxy) is 1. The van der Waals surface area contributed by atoms with Gasteiger partial charge in [-0.2, -0.15) is 0 Å². The molecule has 1 saturated heterocycles. The number of thiazole rings is 1. The Balaban J connectivity index is 1.32. The smallest absolute Gasteiger partial charge is 0.411 e. The van der Waals surface area contributed by atoms with Gasteiger partial charge in [0.2, 0.25) is 0 Å². The molecule has 1 amide bonds. The van der Waals surface area contributed by atoms with Crippen LogP contribution < -0.4 is 5.56 Å². The van der Waals surface area contributed by atoms with Gasteiger partial charge in [0.1, 0.15) is 5.60 Å². The maximum atomic E-state index is 13.3. The zero-order chi connectivity index (χ0) is 26.9. The van der Waals surface area contributed by atoms with Gasteiger partial charge in [-0.3, -0.25) is 9.36 Å². The van der Waals surface area contributed by atoms with E-state index in [1.54, 1.807) is 37.1 Å². The molecule has 7 nitrogen and oxygen atoms in total. The zero-order valence-electron chi connectivity index (χ0n) is 21.7. The van der Waals surface area contributed by atoms with Crippen LogP contribution in [0.15, 0.2) is 89.2 Å². The number of aromatic nitrogens is 2. The highest BCUT2D eigenvalue weighted by atomic mass is 32.1. The Kier molecular flexibility index (Phi) is 6.94. The first-order chi connectivity index (χ1) is 18.2. The standard InChI is InChI=1S/C30H31N3O4S/c1-21(32-18-16-30(37-28(32)35,20-29(2,3)36)24-9-5-4-6-10-24)22-12-14-23(15-13-22)25-19-38-27(31-25)33-17-8-7-11-26(33)34/h4-15,17,19,21,36H,16,18,20H2,1-3H3. The van der Waals surface area contributed by atoms with E-state index in [9.17, 15) is 14.7 Å². The van der Waals surface area contributed by atoms with Crippen LogP contribution in [0.4, 0.5) is 4.79 Å². The monoisotopic (exact) mass is 529 g/mol. The van der Waals surface area contributed by atoms with Crippen molar-refractivity contribution in [3.8, 4) is 16.4 Å². The van der Waals surface area contributed by atoms with Gasteiger partial charge in [-0.15, -0.1) is 11.3 Å². The minimum Gasteiger partial charge on any atom is -0.438 e. The first-order valence-corrected chi connectivity index (χ1v) is 13.5. The molecular formula is C30H31N3O4S. The number of hydrogen-bond donors (Lipinski definition) is 1. The van der Waals surface area contributed by atoms with Gasteiger partial charge in [-0.25, -0.2) is 9.78 Å². The summed E-state index contributed by atoms with van der Waals surface area (Å²) in [6.07, 6.45) is 2.22. The number of carbonyl (C=O) groups excluding carboxylic acids is 1. The number of carbonyl (C=O) groups is 1. The van der Waals surface area contributed by atoms with Crippen molar-refractivity contribution in [2.24, 2.45) is 0 Å². The van der Waals surface area contributed by atoms with Crippen LogP contribution in [-0.2, 0) is 10.3 Å². The average molecular weight is 530 g/mol. The lowest BCUT2D eigenvalue weighted by atomic mass is 9.80. The zero-order valence-corrected chi connectivity index (χ0v) is 22.5. The van der Waals surface area contributed by atoms with E-state index in [2.05, 4.69) is 4.98 Å². The molecule has 1 aliphatic rings. The molecule has 2 unspecified atom stereocenters. The number of amides is 1. The molecule has 2 aromatic heterocycles. The summed E-state index contributed by atoms with van der Waals surface area (Å²) in [4.78, 5) is 31.8. The molecule has 8 heteroatoms. The van der Waals surface area contributed by atoms with E-state index in [0.29, 0.717) is 24.5 Å². The van der Waals surface area contributed by atoms with E-state index in [-0.39, 0.29) is 11.6 Å². The van der Waals surface area contributed by atoms with Crippen molar-refractivity contribution in [2.45, 2.75) is 50.9 Å². The van der Waals surface area contributed by atoms with Crippen LogP contribution in [0.1, 0.15) is 50.8 Å². The van der Waals surface area contributed by atoms with Crippen LogP contribution in [0.5, 0.6) is 0 Å². The Morgan fingerprint density at radius 3 is 2.42 bits per heavy atom. The second kappa shape index (κ2) is 10.2. The molecule has 2 atom stereocenters. The number of nitrogens with zero attached hydrogens (tertiary/aromatic N) is 3. The first kappa shape index (κ1) is 25.9. The molecule has 3 heterocycles. The Labute approximate surface area is 226 Å². The molecule has 0 saturated carbocycles. The maximum Gasteiger partial charge on any atom is 0.411 e. The van der Waals surface area contributed by atoms with Gasteiger partial charge in [0.05, 0.1) is 17.3 Å². The maximum absolute atomic E-state index is 13.3. The van der Waals surface area contributed by atoms with Gasteiger partial charge < -0.3 is 14.7 Å². The predicted molar refractivity (Wildman–Crippen MR) is 148 cm³/mol. The van der Waals surface area contributed by atoms with Gasteiger partial charge in [-0.1, -0.05) is 60.7 Å². The fraction of sp³-hybridized carbons (Fsp3) is 0.300. The van der Waals surface area contributed by atoms with Gasteiger partial charge in [0.15, 0.2) is 5.13 Å². The van der Waals surface area contributed by atoms with Crippen LogP contribution in [0.3, 0.4) is 0 Å². The third-order valence-electron chi connectivity index (χ3n) is 6.97. The number of cyclic esters (lactones) is 1. The molecular weight excluding hydrogens is 498 g/mol. The molecule has 1 aliphatic heterocycles. The third kappa shape index (κ3) is 5.28. The third-order valence-corrected chi connectivity index (χ3v) is 7.81. The largest absolute Gasteiger partial charge is 0.438 e. The quantitative estimate of drug-likeness (QED) is 0.321. The van der Waals surface area contributed by atoms with Crippen LogP contribution in [0, 0.1) is 0 Å². The molecule has 196 valence electrons. The van der Waals surface area contributed by atoms with Gasteiger partial charge >= 0.3 is 6.09 Å². The van der Waals surface area contributed by atoms with Crippen LogP contribution in [0.2, 0.25) is 0 Å². The van der Waals surface area contributed by atoms with Crippen molar-refractivity contribution >= 4 is 17.4 Å². The van der Waals surface area contributed by atoms with E-state index in [1.807, 2.05) is 66.9 Å². The second-order valence-corrected chi connectivity index (χ2v) is 11.2. The summed E-state index contributed by atoms with van der Waals surface area (Å²) in [5.74, 6) is 0. The second-order valence-electron chi connectivity index (χ2n) is 10.4. The van der Waals surface area contributed by atoms with E-state index in [0.717, 1.165) is 22.4 Å². The molecule has 0 aliphatic carbocycles. The van der Waals surface area contributed by atoms with Gasteiger partial charge in [0.25, 0.3) is 5.56 Å². The molecule has 0 radical (unpaired) electrons. The van der Waals surface area contributed by atoms with Gasteiger partial charge in [-0.05, 0) is 38.0 Å². The summed E-state index contributed by atoms with van der Waals surface area (Å²) < 4.78 is 7.66. The van der Waals surface area contributed by atoms with Crippen LogP contribution in [0.25, 0.3) is 16.4 Å². The number of pyridine rings is 1. The highest BCUT2D eigenvalue weighted by Crippen LogP contribution is 2.42. The first-order valence-electron chi connectivity index (χ1n) is 12.7. The van der Waals surface area contributed by atoms with Crippen molar-refractivity contribution in [3.63, 3.8) is 0 Å². The number of aliphatic hydroxyl groups is 1. The molecule has 38 heavy (non-hydrogen) atoms. The van der Waals surface area contributed by atoms with E-state index in [4.69, 9.17) is 4.74 Å². The molecule has 1 fully saturated rings. The van der Waals surface area contributed by atoms with Crippen molar-refractivity contribution in [1.29, 1.82) is 0 Å².